The third kappa shape index (κ3) is 2.46. The summed E-state index contributed by atoms with van der Waals surface area (Å²) in [4.78, 5) is 4.42. The molecule has 0 aliphatic rings. The highest BCUT2D eigenvalue weighted by atomic mass is 16.5. The van der Waals surface area contributed by atoms with Gasteiger partial charge in [0.15, 0.2) is 0 Å². The Morgan fingerprint density at radius 1 is 1.13 bits per heavy atom. The second kappa shape index (κ2) is 4.78. The summed E-state index contributed by atoms with van der Waals surface area (Å²) in [6.45, 7) is 2.90. The summed E-state index contributed by atoms with van der Waals surface area (Å²) in [5.41, 5.74) is 0.992. The molecular weight excluding hydrogens is 186 g/mol. The molecule has 2 nitrogen and oxygen atoms in total. The molecule has 0 saturated carbocycles. The van der Waals surface area contributed by atoms with E-state index in [1.54, 1.807) is 0 Å². The van der Waals surface area contributed by atoms with Gasteiger partial charge >= 0.3 is 0 Å². The Bertz CT molecular complexity index is 439. The van der Waals surface area contributed by atoms with Crippen molar-refractivity contribution < 1.29 is 4.74 Å². The van der Waals surface area contributed by atoms with Crippen LogP contribution >= 0.6 is 0 Å². The maximum atomic E-state index is 5.54. The van der Waals surface area contributed by atoms with Gasteiger partial charge < -0.3 is 4.74 Å². The molecule has 0 N–H and O–H groups in total. The van der Waals surface area contributed by atoms with Crippen LogP contribution in [0.15, 0.2) is 36.4 Å². The van der Waals surface area contributed by atoms with E-state index in [-0.39, 0.29) is 0 Å². The van der Waals surface area contributed by atoms with E-state index in [1.165, 1.54) is 0 Å². The molecule has 2 aromatic rings. The third-order valence-corrected chi connectivity index (χ3v) is 2.32. The molecule has 0 aliphatic carbocycles. The average Bonchev–Trinajstić information content (AvgIpc) is 2.29. The number of unbranched alkanes of at least 4 members (excludes halogenated alkanes) is 1. The van der Waals surface area contributed by atoms with Gasteiger partial charge in [-0.2, -0.15) is 0 Å². The molecule has 0 bridgehead atoms. The molecule has 78 valence electrons. The molecule has 0 saturated heterocycles. The Balaban J connectivity index is 2.16. The smallest absolute Gasteiger partial charge is 0.213 e. The number of aromatic nitrogens is 1. The highest BCUT2D eigenvalue weighted by Gasteiger charge is 1.97. The van der Waals surface area contributed by atoms with Crippen LogP contribution in [0.2, 0.25) is 0 Å². The van der Waals surface area contributed by atoms with Gasteiger partial charge in [-0.3, -0.25) is 0 Å². The molecule has 0 aliphatic heterocycles. The number of rotatable bonds is 4. The Hall–Kier alpha value is -1.57. The second-order valence-electron chi connectivity index (χ2n) is 3.54. The fourth-order valence-corrected chi connectivity index (χ4v) is 1.45. The molecule has 1 heterocycles. The fraction of sp³-hybridized carbons (Fsp3) is 0.308. The number of benzene rings is 1. The standard InChI is InChI=1S/C13H15NO/c1-2-3-10-15-13-9-8-11-6-4-5-7-12(11)14-13/h4-9H,2-3,10H2,1H3. The third-order valence-electron chi connectivity index (χ3n) is 2.32. The van der Waals surface area contributed by atoms with E-state index in [0.29, 0.717) is 0 Å². The van der Waals surface area contributed by atoms with E-state index in [0.717, 1.165) is 36.2 Å². The lowest BCUT2D eigenvalue weighted by Gasteiger charge is -2.04. The van der Waals surface area contributed by atoms with E-state index in [2.05, 4.69) is 18.0 Å². The number of ether oxygens (including phenoxy) is 1. The van der Waals surface area contributed by atoms with Crippen LogP contribution in [0.3, 0.4) is 0 Å². The normalized spacial score (nSPS) is 10.5. The minimum Gasteiger partial charge on any atom is -0.478 e. The van der Waals surface area contributed by atoms with Crippen molar-refractivity contribution in [3.63, 3.8) is 0 Å². The zero-order valence-corrected chi connectivity index (χ0v) is 8.94. The number of hydrogen-bond acceptors (Lipinski definition) is 2. The Kier molecular flexibility index (Phi) is 3.18. The fourth-order valence-electron chi connectivity index (χ4n) is 1.45. The summed E-state index contributed by atoms with van der Waals surface area (Å²) in [5, 5.41) is 1.15. The van der Waals surface area contributed by atoms with Crippen molar-refractivity contribution in [1.82, 2.24) is 4.98 Å². The molecule has 2 heteroatoms. The summed E-state index contributed by atoms with van der Waals surface area (Å²) >= 11 is 0. The topological polar surface area (TPSA) is 22.1 Å². The second-order valence-corrected chi connectivity index (χ2v) is 3.54. The highest BCUT2D eigenvalue weighted by molar-refractivity contribution is 5.78. The Morgan fingerprint density at radius 2 is 2.00 bits per heavy atom. The van der Waals surface area contributed by atoms with Gasteiger partial charge in [-0.1, -0.05) is 31.5 Å². The van der Waals surface area contributed by atoms with Gasteiger partial charge in [-0.05, 0) is 18.6 Å². The number of para-hydroxylation sites is 1. The van der Waals surface area contributed by atoms with Gasteiger partial charge in [-0.25, -0.2) is 4.98 Å². The molecule has 0 unspecified atom stereocenters. The van der Waals surface area contributed by atoms with Crippen molar-refractivity contribution in [3.8, 4) is 5.88 Å². The van der Waals surface area contributed by atoms with E-state index in [1.807, 2.05) is 30.3 Å². The maximum Gasteiger partial charge on any atom is 0.213 e. The van der Waals surface area contributed by atoms with Gasteiger partial charge in [0, 0.05) is 11.5 Å². The molecule has 0 amide bonds. The Labute approximate surface area is 89.9 Å². The summed E-state index contributed by atoms with van der Waals surface area (Å²) in [6.07, 6.45) is 2.22. The first-order chi connectivity index (χ1) is 7.40. The van der Waals surface area contributed by atoms with Crippen molar-refractivity contribution in [1.29, 1.82) is 0 Å². The first kappa shape index (κ1) is 9.97. The predicted octanol–water partition coefficient (Wildman–Crippen LogP) is 3.41. The molecule has 2 rings (SSSR count). The molecule has 1 aromatic heterocycles. The van der Waals surface area contributed by atoms with Crippen LogP contribution in [-0.2, 0) is 0 Å². The summed E-state index contributed by atoms with van der Waals surface area (Å²) < 4.78 is 5.54. The number of nitrogens with zero attached hydrogens (tertiary/aromatic N) is 1. The monoisotopic (exact) mass is 201 g/mol. The van der Waals surface area contributed by atoms with Crippen molar-refractivity contribution >= 4 is 10.9 Å². The largest absolute Gasteiger partial charge is 0.478 e. The predicted molar refractivity (Wildman–Crippen MR) is 62.1 cm³/mol. The molecule has 0 spiro atoms. The summed E-state index contributed by atoms with van der Waals surface area (Å²) in [6, 6.07) is 12.0. The summed E-state index contributed by atoms with van der Waals surface area (Å²) in [5.74, 6) is 0.724. The Morgan fingerprint density at radius 3 is 2.87 bits per heavy atom. The van der Waals surface area contributed by atoms with Gasteiger partial charge in [0.1, 0.15) is 0 Å². The van der Waals surface area contributed by atoms with Crippen LogP contribution in [0.25, 0.3) is 10.9 Å². The van der Waals surface area contributed by atoms with Crippen molar-refractivity contribution in [2.75, 3.05) is 6.61 Å². The van der Waals surface area contributed by atoms with Crippen LogP contribution in [0.1, 0.15) is 19.8 Å². The van der Waals surface area contributed by atoms with E-state index in [9.17, 15) is 0 Å². The van der Waals surface area contributed by atoms with E-state index < -0.39 is 0 Å². The SMILES string of the molecule is CCCCOc1ccc2ccccc2n1. The number of fused-ring (bicyclic) bond motifs is 1. The lowest BCUT2D eigenvalue weighted by molar-refractivity contribution is 0.299. The lowest BCUT2D eigenvalue weighted by atomic mass is 10.2. The van der Waals surface area contributed by atoms with Crippen LogP contribution < -0.4 is 4.74 Å². The van der Waals surface area contributed by atoms with Crippen LogP contribution in [0, 0.1) is 0 Å². The summed E-state index contributed by atoms with van der Waals surface area (Å²) in [7, 11) is 0. The van der Waals surface area contributed by atoms with Gasteiger partial charge in [0.05, 0.1) is 12.1 Å². The molecule has 0 fully saturated rings. The zero-order valence-electron chi connectivity index (χ0n) is 8.94. The van der Waals surface area contributed by atoms with Crippen LogP contribution in [0.5, 0.6) is 5.88 Å². The number of hydrogen-bond donors (Lipinski definition) is 0. The molecular formula is C13H15NO. The zero-order chi connectivity index (χ0) is 10.5. The van der Waals surface area contributed by atoms with E-state index >= 15 is 0 Å². The maximum absolute atomic E-state index is 5.54. The first-order valence-electron chi connectivity index (χ1n) is 5.39. The molecule has 15 heavy (non-hydrogen) atoms. The van der Waals surface area contributed by atoms with Crippen LogP contribution in [0.4, 0.5) is 0 Å². The minimum atomic E-state index is 0.724. The average molecular weight is 201 g/mol. The molecule has 0 radical (unpaired) electrons. The minimum absolute atomic E-state index is 0.724. The van der Waals surface area contributed by atoms with Crippen molar-refractivity contribution in [2.24, 2.45) is 0 Å². The quantitative estimate of drug-likeness (QED) is 0.707. The van der Waals surface area contributed by atoms with Crippen molar-refractivity contribution in [2.45, 2.75) is 19.8 Å². The lowest BCUT2D eigenvalue weighted by Crippen LogP contribution is -1.98. The highest BCUT2D eigenvalue weighted by Crippen LogP contribution is 2.16. The van der Waals surface area contributed by atoms with Gasteiger partial charge in [0.2, 0.25) is 5.88 Å². The number of pyridine rings is 1. The van der Waals surface area contributed by atoms with Gasteiger partial charge in [-0.15, -0.1) is 0 Å². The molecule has 1 aromatic carbocycles. The van der Waals surface area contributed by atoms with Gasteiger partial charge in [0.25, 0.3) is 0 Å². The first-order valence-corrected chi connectivity index (χ1v) is 5.39. The van der Waals surface area contributed by atoms with Crippen LogP contribution in [-0.4, -0.2) is 11.6 Å². The van der Waals surface area contributed by atoms with Crippen molar-refractivity contribution in [3.05, 3.63) is 36.4 Å². The van der Waals surface area contributed by atoms with E-state index in [4.69, 9.17) is 4.74 Å². The molecule has 0 atom stereocenters.